The molecule has 1 aromatic heterocycles. The third-order valence-electron chi connectivity index (χ3n) is 3.46. The molecule has 0 saturated carbocycles. The number of hydrogen-bond acceptors (Lipinski definition) is 7. The maximum Gasteiger partial charge on any atom is 0.328 e. The van der Waals surface area contributed by atoms with Crippen LogP contribution < -0.4 is 10.6 Å². The number of hydrogen-bond donors (Lipinski definition) is 2. The van der Waals surface area contributed by atoms with Crippen LogP contribution in [0.1, 0.15) is 12.6 Å². The molecule has 0 radical (unpaired) electrons. The first kappa shape index (κ1) is 19.9. The van der Waals surface area contributed by atoms with Crippen LogP contribution in [-0.4, -0.2) is 44.8 Å². The number of aromatic nitrogens is 1. The Hall–Kier alpha value is -2.46. The Morgan fingerprint density at radius 2 is 1.85 bits per heavy atom. The van der Waals surface area contributed by atoms with E-state index >= 15 is 0 Å². The number of sulfone groups is 1. The Bertz CT molecular complexity index is 920. The molecule has 0 spiro atoms. The molecule has 1 atom stereocenters. The number of thiazole rings is 1. The van der Waals surface area contributed by atoms with E-state index in [-0.39, 0.29) is 4.90 Å². The van der Waals surface area contributed by atoms with Crippen molar-refractivity contribution < 1.29 is 22.7 Å². The van der Waals surface area contributed by atoms with E-state index in [0.29, 0.717) is 10.8 Å². The van der Waals surface area contributed by atoms with E-state index in [1.807, 2.05) is 0 Å². The van der Waals surface area contributed by atoms with Gasteiger partial charge in [-0.25, -0.2) is 23.0 Å². The van der Waals surface area contributed by atoms with Gasteiger partial charge in [0.2, 0.25) is 0 Å². The van der Waals surface area contributed by atoms with Crippen LogP contribution in [0.15, 0.2) is 29.2 Å². The van der Waals surface area contributed by atoms with Gasteiger partial charge in [0.05, 0.1) is 22.6 Å². The van der Waals surface area contributed by atoms with Gasteiger partial charge in [0.25, 0.3) is 0 Å². The summed E-state index contributed by atoms with van der Waals surface area (Å²) in [6, 6.07) is 5.09. The second kappa shape index (κ2) is 7.83. The quantitative estimate of drug-likeness (QED) is 0.748. The Morgan fingerprint density at radius 1 is 1.23 bits per heavy atom. The van der Waals surface area contributed by atoms with Crippen molar-refractivity contribution in [2.75, 3.05) is 18.7 Å². The molecule has 8 nitrogen and oxygen atoms in total. The lowest BCUT2D eigenvalue weighted by Crippen LogP contribution is -2.41. The molecule has 2 N–H and O–H groups in total. The summed E-state index contributed by atoms with van der Waals surface area (Å²) in [6.45, 7) is 3.30. The number of rotatable bonds is 5. The minimum Gasteiger partial charge on any atom is -0.467 e. The second-order valence-corrected chi connectivity index (χ2v) is 8.59. The zero-order valence-corrected chi connectivity index (χ0v) is 16.3. The highest BCUT2D eigenvalue weighted by molar-refractivity contribution is 7.90. The molecule has 26 heavy (non-hydrogen) atoms. The van der Waals surface area contributed by atoms with Crippen molar-refractivity contribution in [1.82, 2.24) is 10.3 Å². The number of carbonyl (C=O) groups is 2. The minimum absolute atomic E-state index is 0.234. The van der Waals surface area contributed by atoms with Crippen molar-refractivity contribution in [3.63, 3.8) is 0 Å². The van der Waals surface area contributed by atoms with Gasteiger partial charge in [-0.3, -0.25) is 5.32 Å². The lowest BCUT2D eigenvalue weighted by Gasteiger charge is -2.11. The summed E-state index contributed by atoms with van der Waals surface area (Å²) in [4.78, 5) is 28.6. The number of nitrogens with one attached hydrogen (secondary N) is 2. The first-order chi connectivity index (χ1) is 12.1. The number of urea groups is 1. The fraction of sp³-hybridized carbons (Fsp3) is 0.312. The van der Waals surface area contributed by atoms with Gasteiger partial charge in [-0.05, 0) is 31.5 Å². The summed E-state index contributed by atoms with van der Waals surface area (Å²) >= 11 is 1.25. The molecule has 0 aliphatic carbocycles. The van der Waals surface area contributed by atoms with Crippen LogP contribution in [0, 0.1) is 6.92 Å². The number of benzene rings is 1. The maximum absolute atomic E-state index is 11.9. The van der Waals surface area contributed by atoms with Crippen LogP contribution in [0.3, 0.4) is 0 Å². The molecule has 0 bridgehead atoms. The number of nitrogens with zero attached hydrogens (tertiary/aromatic N) is 1. The molecular formula is C16H19N3O5S2. The Kier molecular flexibility index (Phi) is 5.98. The topological polar surface area (TPSA) is 114 Å². The first-order valence-electron chi connectivity index (χ1n) is 7.55. The molecule has 0 saturated heterocycles. The normalized spacial score (nSPS) is 12.3. The fourth-order valence-corrected chi connectivity index (χ4v) is 3.73. The molecule has 2 aromatic rings. The molecule has 1 aromatic carbocycles. The highest BCUT2D eigenvalue weighted by atomic mass is 32.2. The van der Waals surface area contributed by atoms with Crippen LogP contribution in [0.4, 0.5) is 9.93 Å². The summed E-state index contributed by atoms with van der Waals surface area (Å²) in [5.41, 5.74) is 1.49. The molecule has 1 heterocycles. The molecule has 10 heteroatoms. The van der Waals surface area contributed by atoms with E-state index in [0.717, 1.165) is 16.7 Å². The highest BCUT2D eigenvalue weighted by Gasteiger charge is 2.18. The smallest absolute Gasteiger partial charge is 0.328 e. The molecule has 2 rings (SSSR count). The van der Waals surface area contributed by atoms with Crippen LogP contribution in [-0.2, 0) is 19.4 Å². The van der Waals surface area contributed by atoms with Gasteiger partial charge in [0.1, 0.15) is 6.04 Å². The molecule has 140 valence electrons. The fourth-order valence-electron chi connectivity index (χ4n) is 2.14. The molecule has 0 aliphatic rings. The Balaban J connectivity index is 2.14. The van der Waals surface area contributed by atoms with Crippen LogP contribution in [0.25, 0.3) is 10.4 Å². The predicted octanol–water partition coefficient (Wildman–Crippen LogP) is 2.21. The van der Waals surface area contributed by atoms with Gasteiger partial charge in [-0.1, -0.05) is 23.5 Å². The first-order valence-corrected chi connectivity index (χ1v) is 10.3. The average molecular weight is 397 g/mol. The number of esters is 1. The van der Waals surface area contributed by atoms with Gasteiger partial charge in [0.15, 0.2) is 15.0 Å². The van der Waals surface area contributed by atoms with E-state index in [4.69, 9.17) is 0 Å². The summed E-state index contributed by atoms with van der Waals surface area (Å²) < 4.78 is 27.6. The molecular weight excluding hydrogens is 378 g/mol. The van der Waals surface area contributed by atoms with Gasteiger partial charge in [-0.15, -0.1) is 0 Å². The van der Waals surface area contributed by atoms with Crippen molar-refractivity contribution in [3.8, 4) is 10.4 Å². The molecule has 0 fully saturated rings. The van der Waals surface area contributed by atoms with Gasteiger partial charge >= 0.3 is 12.0 Å². The lowest BCUT2D eigenvalue weighted by atomic mass is 10.2. The zero-order valence-electron chi connectivity index (χ0n) is 14.7. The summed E-state index contributed by atoms with van der Waals surface area (Å²) in [5.74, 6) is -0.554. The minimum atomic E-state index is -3.26. The number of carbonyl (C=O) groups excluding carboxylic acids is 2. The Morgan fingerprint density at radius 3 is 2.38 bits per heavy atom. The molecule has 0 aliphatic heterocycles. The van der Waals surface area contributed by atoms with Crippen molar-refractivity contribution in [1.29, 1.82) is 0 Å². The number of aryl methyl sites for hydroxylation is 1. The van der Waals surface area contributed by atoms with Crippen LogP contribution in [0.5, 0.6) is 0 Å². The van der Waals surface area contributed by atoms with Crippen LogP contribution >= 0.6 is 11.3 Å². The monoisotopic (exact) mass is 397 g/mol. The van der Waals surface area contributed by atoms with Crippen molar-refractivity contribution in [2.45, 2.75) is 24.8 Å². The van der Waals surface area contributed by atoms with E-state index in [1.54, 1.807) is 19.1 Å². The predicted molar refractivity (Wildman–Crippen MR) is 99.0 cm³/mol. The molecule has 2 amide bonds. The van der Waals surface area contributed by atoms with Crippen molar-refractivity contribution in [2.24, 2.45) is 0 Å². The summed E-state index contributed by atoms with van der Waals surface area (Å²) in [6.07, 6.45) is 1.15. The number of anilines is 1. The van der Waals surface area contributed by atoms with Gasteiger partial charge in [0, 0.05) is 6.26 Å². The highest BCUT2D eigenvalue weighted by Crippen LogP contribution is 2.33. The van der Waals surface area contributed by atoms with Crippen LogP contribution in [0.2, 0.25) is 0 Å². The average Bonchev–Trinajstić information content (AvgIpc) is 2.93. The third-order valence-corrected chi connectivity index (χ3v) is 5.71. The van der Waals surface area contributed by atoms with Gasteiger partial charge in [-0.2, -0.15) is 0 Å². The van der Waals surface area contributed by atoms with E-state index < -0.39 is 27.9 Å². The lowest BCUT2D eigenvalue weighted by molar-refractivity contribution is -0.142. The largest absolute Gasteiger partial charge is 0.467 e. The SMILES string of the molecule is COC(=O)C(C)NC(=O)Nc1nc(C)c(-c2ccc(S(C)(=O)=O)cc2)s1. The van der Waals surface area contributed by atoms with E-state index in [1.165, 1.54) is 37.5 Å². The molecule has 1 unspecified atom stereocenters. The van der Waals surface area contributed by atoms with Gasteiger partial charge < -0.3 is 10.1 Å². The summed E-state index contributed by atoms with van der Waals surface area (Å²) in [7, 11) is -2.02. The van der Waals surface area contributed by atoms with Crippen molar-refractivity contribution in [3.05, 3.63) is 30.0 Å². The third kappa shape index (κ3) is 4.79. The van der Waals surface area contributed by atoms with E-state index in [2.05, 4.69) is 20.4 Å². The van der Waals surface area contributed by atoms with E-state index in [9.17, 15) is 18.0 Å². The number of methoxy groups -OCH3 is 1. The van der Waals surface area contributed by atoms with Crippen molar-refractivity contribution >= 4 is 38.3 Å². The maximum atomic E-state index is 11.9. The zero-order chi connectivity index (χ0) is 19.5. The summed E-state index contributed by atoms with van der Waals surface area (Å²) in [5, 5.41) is 5.38. The Labute approximate surface area is 155 Å². The number of amides is 2. The second-order valence-electron chi connectivity index (χ2n) is 5.57. The standard InChI is InChI=1S/C16H19N3O5S2/c1-9-13(11-5-7-12(8-6-11)26(4,22)23)25-16(18-9)19-15(21)17-10(2)14(20)24-3/h5-8,10H,1-4H3,(H2,17,18,19,21). The number of ether oxygens (including phenoxy) is 1.